The number of nitrogens with zero attached hydrogens (tertiary/aromatic N) is 5. The number of carbonyl (C=O) groups is 2. The molecule has 0 radical (unpaired) electrons. The third-order valence-corrected chi connectivity index (χ3v) is 5.73. The molecule has 0 N–H and O–H groups in total. The molecule has 0 aliphatic carbocycles. The van der Waals surface area contributed by atoms with E-state index in [9.17, 15) is 14.4 Å². The Kier molecular flexibility index (Phi) is 5.69. The first-order chi connectivity index (χ1) is 14.9. The molecule has 0 bridgehead atoms. The van der Waals surface area contributed by atoms with Gasteiger partial charge in [0, 0.05) is 44.7 Å². The molecule has 1 fully saturated rings. The van der Waals surface area contributed by atoms with Gasteiger partial charge in [-0.2, -0.15) is 5.10 Å². The highest BCUT2D eigenvalue weighted by Crippen LogP contribution is 2.21. The van der Waals surface area contributed by atoms with E-state index in [0.717, 1.165) is 0 Å². The van der Waals surface area contributed by atoms with E-state index >= 15 is 0 Å². The molecule has 9 nitrogen and oxygen atoms in total. The monoisotopic (exact) mass is 443 g/mol. The normalized spacial score (nSPS) is 14.3. The molecule has 31 heavy (non-hydrogen) atoms. The second kappa shape index (κ2) is 8.43. The Bertz CT molecular complexity index is 1240. The van der Waals surface area contributed by atoms with Gasteiger partial charge in [0.2, 0.25) is 5.91 Å². The van der Waals surface area contributed by atoms with Crippen LogP contribution in [-0.4, -0.2) is 49.3 Å². The van der Waals surface area contributed by atoms with Crippen molar-refractivity contribution >= 4 is 40.6 Å². The summed E-state index contributed by atoms with van der Waals surface area (Å²) in [6.45, 7) is 2.88. The average molecular weight is 444 g/mol. The molecule has 1 aromatic carbocycles. The topological polar surface area (TPSA) is 93.6 Å². The molecule has 0 saturated carbocycles. The number of aromatic nitrogens is 3. The van der Waals surface area contributed by atoms with Crippen molar-refractivity contribution in [2.75, 3.05) is 13.1 Å². The van der Waals surface area contributed by atoms with Crippen molar-refractivity contribution in [3.05, 3.63) is 57.3 Å². The molecule has 2 amide bonds. The van der Waals surface area contributed by atoms with Gasteiger partial charge in [-0.15, -0.1) is 0 Å². The lowest BCUT2D eigenvalue weighted by molar-refractivity contribution is -0.154. The highest BCUT2D eigenvalue weighted by molar-refractivity contribution is 6.31. The first-order valence-corrected chi connectivity index (χ1v) is 10.3. The predicted octanol–water partition coefficient (Wildman–Crippen LogP) is 2.37. The minimum absolute atomic E-state index is 0.0739. The summed E-state index contributed by atoms with van der Waals surface area (Å²) in [5.41, 5.74) is 2.50. The fraction of sp³-hybridized carbons (Fsp3) is 0.333. The molecule has 162 valence electrons. The number of benzene rings is 1. The number of hydrogen-bond acceptors (Lipinski definition) is 5. The number of hydrazine groups is 1. The Labute approximate surface area is 183 Å². The van der Waals surface area contributed by atoms with Crippen LogP contribution in [0.4, 0.5) is 0 Å². The van der Waals surface area contributed by atoms with Crippen LogP contribution in [0.5, 0.6) is 0 Å². The summed E-state index contributed by atoms with van der Waals surface area (Å²) >= 11 is 6.20. The van der Waals surface area contributed by atoms with Gasteiger partial charge in [0.25, 0.3) is 5.91 Å². The first-order valence-electron chi connectivity index (χ1n) is 9.94. The van der Waals surface area contributed by atoms with E-state index in [2.05, 4.69) is 5.10 Å². The summed E-state index contributed by atoms with van der Waals surface area (Å²) < 4.78 is 8.17. The first kappa shape index (κ1) is 20.9. The lowest BCUT2D eigenvalue weighted by Crippen LogP contribution is -2.44. The quantitative estimate of drug-likeness (QED) is 0.564. The van der Waals surface area contributed by atoms with Crippen molar-refractivity contribution in [1.29, 1.82) is 0 Å². The third-order valence-electron chi connectivity index (χ3n) is 5.29. The maximum absolute atomic E-state index is 12.8. The predicted molar refractivity (Wildman–Crippen MR) is 115 cm³/mol. The Balaban J connectivity index is 1.44. The molecular formula is C21H22ClN5O4. The van der Waals surface area contributed by atoms with Crippen molar-refractivity contribution in [1.82, 2.24) is 24.4 Å². The summed E-state index contributed by atoms with van der Waals surface area (Å²) in [4.78, 5) is 37.6. The summed E-state index contributed by atoms with van der Waals surface area (Å²) in [6.07, 6.45) is 3.78. The molecule has 1 aliphatic heterocycles. The minimum atomic E-state index is -0.505. The van der Waals surface area contributed by atoms with Crippen LogP contribution in [-0.2, 0) is 23.2 Å². The number of hydrogen-bond donors (Lipinski definition) is 0. The number of amides is 2. The standard InChI is InChI=1S/C21H22ClN5O4/c1-14-15(20(22)24(2)23-14)8-9-18(28)26-11-5-12-27(26)19(29)10-13-25-16-6-3-4-7-17(16)31-21(25)30/h3-4,6-9H,5,10-13H2,1-2H3. The third kappa shape index (κ3) is 4.00. The zero-order valence-electron chi connectivity index (χ0n) is 17.2. The number of halogens is 1. The lowest BCUT2D eigenvalue weighted by atomic mass is 10.2. The van der Waals surface area contributed by atoms with Crippen LogP contribution in [0.3, 0.4) is 0 Å². The maximum atomic E-state index is 12.8. The van der Waals surface area contributed by atoms with E-state index in [4.69, 9.17) is 16.0 Å². The number of para-hydroxylation sites is 2. The van der Waals surface area contributed by atoms with Crippen LogP contribution >= 0.6 is 11.6 Å². The molecule has 4 rings (SSSR count). The van der Waals surface area contributed by atoms with E-state index in [0.29, 0.717) is 47.0 Å². The summed E-state index contributed by atoms with van der Waals surface area (Å²) in [5.74, 6) is -1.04. The van der Waals surface area contributed by atoms with Gasteiger partial charge in [0.05, 0.1) is 11.2 Å². The van der Waals surface area contributed by atoms with Crippen molar-refractivity contribution in [3.8, 4) is 0 Å². The van der Waals surface area contributed by atoms with Crippen LogP contribution in [0.15, 0.2) is 39.6 Å². The molecule has 2 aromatic heterocycles. The highest BCUT2D eigenvalue weighted by Gasteiger charge is 2.29. The van der Waals surface area contributed by atoms with E-state index < -0.39 is 5.76 Å². The van der Waals surface area contributed by atoms with Crippen LogP contribution in [0.25, 0.3) is 17.2 Å². The highest BCUT2D eigenvalue weighted by atomic mass is 35.5. The SMILES string of the molecule is Cc1nn(C)c(Cl)c1C=CC(=O)N1CCCN1C(=O)CCn1c(=O)oc2ccccc21. The number of oxazole rings is 1. The van der Waals surface area contributed by atoms with E-state index in [1.54, 1.807) is 37.4 Å². The van der Waals surface area contributed by atoms with Crippen molar-refractivity contribution in [3.63, 3.8) is 0 Å². The van der Waals surface area contributed by atoms with Gasteiger partial charge in [0.15, 0.2) is 5.58 Å². The average Bonchev–Trinajstić information content (AvgIpc) is 3.41. The molecule has 3 heterocycles. The van der Waals surface area contributed by atoms with E-state index in [1.807, 2.05) is 6.92 Å². The van der Waals surface area contributed by atoms with Gasteiger partial charge in [-0.05, 0) is 31.6 Å². The van der Waals surface area contributed by atoms with Gasteiger partial charge >= 0.3 is 5.76 Å². The Morgan fingerprint density at radius 2 is 1.97 bits per heavy atom. The van der Waals surface area contributed by atoms with Crippen LogP contribution in [0.2, 0.25) is 5.15 Å². The fourth-order valence-electron chi connectivity index (χ4n) is 3.74. The lowest BCUT2D eigenvalue weighted by Gasteiger charge is -2.27. The number of fused-ring (bicyclic) bond motifs is 1. The number of aryl methyl sites for hydroxylation is 3. The van der Waals surface area contributed by atoms with Gasteiger partial charge in [-0.1, -0.05) is 23.7 Å². The van der Waals surface area contributed by atoms with Crippen molar-refractivity contribution < 1.29 is 14.0 Å². The zero-order valence-corrected chi connectivity index (χ0v) is 18.0. The number of rotatable bonds is 5. The summed E-state index contributed by atoms with van der Waals surface area (Å²) in [5, 5.41) is 7.52. The summed E-state index contributed by atoms with van der Waals surface area (Å²) in [6, 6.07) is 7.06. The van der Waals surface area contributed by atoms with Gasteiger partial charge in [-0.25, -0.2) is 9.80 Å². The Morgan fingerprint density at radius 3 is 2.71 bits per heavy atom. The second-order valence-corrected chi connectivity index (χ2v) is 7.67. The van der Waals surface area contributed by atoms with Gasteiger partial charge < -0.3 is 4.42 Å². The molecular weight excluding hydrogens is 422 g/mol. The molecule has 0 spiro atoms. The van der Waals surface area contributed by atoms with Gasteiger partial charge in [0.1, 0.15) is 5.15 Å². The zero-order chi connectivity index (χ0) is 22.1. The van der Waals surface area contributed by atoms with Crippen molar-refractivity contribution in [2.45, 2.75) is 26.3 Å². The van der Waals surface area contributed by atoms with Crippen LogP contribution < -0.4 is 5.76 Å². The van der Waals surface area contributed by atoms with Crippen LogP contribution in [0, 0.1) is 6.92 Å². The second-order valence-electron chi connectivity index (χ2n) is 7.32. The Hall–Kier alpha value is -3.33. The van der Waals surface area contributed by atoms with Crippen LogP contribution in [0.1, 0.15) is 24.1 Å². The molecule has 0 unspecified atom stereocenters. The molecule has 10 heteroatoms. The molecule has 1 saturated heterocycles. The van der Waals surface area contributed by atoms with Crippen molar-refractivity contribution in [2.24, 2.45) is 7.05 Å². The van der Waals surface area contributed by atoms with E-state index in [-0.39, 0.29) is 24.8 Å². The maximum Gasteiger partial charge on any atom is 0.419 e. The minimum Gasteiger partial charge on any atom is -0.408 e. The fourth-order valence-corrected chi connectivity index (χ4v) is 3.98. The molecule has 0 atom stereocenters. The largest absolute Gasteiger partial charge is 0.419 e. The number of carbonyl (C=O) groups excluding carboxylic acids is 2. The molecule has 3 aromatic rings. The van der Waals surface area contributed by atoms with Gasteiger partial charge in [-0.3, -0.25) is 23.8 Å². The summed E-state index contributed by atoms with van der Waals surface area (Å²) in [7, 11) is 1.73. The molecule has 1 aliphatic rings. The van der Waals surface area contributed by atoms with E-state index in [1.165, 1.54) is 25.3 Å². The Morgan fingerprint density at radius 1 is 1.23 bits per heavy atom. The smallest absolute Gasteiger partial charge is 0.408 e.